The molecule has 1 atom stereocenters. The number of hydrogen-bond acceptors (Lipinski definition) is 6. The summed E-state index contributed by atoms with van der Waals surface area (Å²) in [5, 5.41) is 7.96. The van der Waals surface area contributed by atoms with Gasteiger partial charge in [-0.25, -0.2) is 32.2 Å². The third kappa shape index (κ3) is 3.68. The van der Waals surface area contributed by atoms with E-state index >= 15 is 0 Å². The minimum absolute atomic E-state index is 0.0201. The number of benzene rings is 1. The number of aromatic nitrogens is 4. The van der Waals surface area contributed by atoms with Crippen LogP contribution in [0.25, 0.3) is 11.2 Å². The Balaban J connectivity index is 1.51. The topological polar surface area (TPSA) is 102 Å². The first-order valence-corrected chi connectivity index (χ1v) is 10.2. The summed E-state index contributed by atoms with van der Waals surface area (Å²) in [7, 11) is -3.71. The van der Waals surface area contributed by atoms with Crippen molar-refractivity contribution in [2.75, 3.05) is 19.6 Å². The predicted molar refractivity (Wildman–Crippen MR) is 97.1 cm³/mol. The summed E-state index contributed by atoms with van der Waals surface area (Å²) in [5.74, 6) is -0.203. The Hall–Kier alpha value is -2.43. The molecule has 10 heteroatoms. The first-order valence-electron chi connectivity index (χ1n) is 8.68. The van der Waals surface area contributed by atoms with E-state index in [9.17, 15) is 12.8 Å². The largest absolute Gasteiger partial charge is 0.316 e. The molecule has 1 aliphatic heterocycles. The van der Waals surface area contributed by atoms with Crippen LogP contribution in [0.5, 0.6) is 0 Å². The molecule has 4 rings (SSSR count). The van der Waals surface area contributed by atoms with E-state index < -0.39 is 15.8 Å². The van der Waals surface area contributed by atoms with Gasteiger partial charge in [-0.15, -0.1) is 0 Å². The predicted octanol–water partition coefficient (Wildman–Crippen LogP) is 1.02. The quantitative estimate of drug-likeness (QED) is 0.652. The fraction of sp³-hybridized carbons (Fsp3) is 0.353. The van der Waals surface area contributed by atoms with Crippen molar-refractivity contribution in [2.24, 2.45) is 0 Å². The highest BCUT2D eigenvalue weighted by atomic mass is 32.2. The van der Waals surface area contributed by atoms with Crippen LogP contribution in [0.1, 0.15) is 18.0 Å². The summed E-state index contributed by atoms with van der Waals surface area (Å²) in [5.41, 5.74) is 2.29. The van der Waals surface area contributed by atoms with Gasteiger partial charge in [0.2, 0.25) is 10.0 Å². The fourth-order valence-corrected chi connectivity index (χ4v) is 4.25. The maximum absolute atomic E-state index is 13.0. The molecule has 0 saturated carbocycles. The van der Waals surface area contributed by atoms with Gasteiger partial charge in [0.15, 0.2) is 5.65 Å². The molecular formula is C17H19FN6O2S. The number of nitrogens with zero attached hydrogens (tertiary/aromatic N) is 4. The lowest BCUT2D eigenvalue weighted by atomic mass is 10.0. The first kappa shape index (κ1) is 18.0. The van der Waals surface area contributed by atoms with Crippen molar-refractivity contribution in [2.45, 2.75) is 23.8 Å². The lowest BCUT2D eigenvalue weighted by Crippen LogP contribution is -2.27. The molecule has 8 nitrogen and oxygen atoms in total. The highest BCUT2D eigenvalue weighted by Crippen LogP contribution is 2.26. The van der Waals surface area contributed by atoms with E-state index in [2.05, 4.69) is 25.1 Å². The molecule has 3 aromatic rings. The highest BCUT2D eigenvalue weighted by Gasteiger charge is 2.24. The van der Waals surface area contributed by atoms with Crippen LogP contribution in [0.15, 0.2) is 41.6 Å². The van der Waals surface area contributed by atoms with Crippen LogP contribution < -0.4 is 10.0 Å². The van der Waals surface area contributed by atoms with E-state index in [0.29, 0.717) is 12.2 Å². The molecule has 0 radical (unpaired) electrons. The molecule has 1 aliphatic rings. The average molecular weight is 390 g/mol. The SMILES string of the molecule is O=S(=O)(NCCn1nc(C2CCNC2)c2nccnc21)c1ccc(F)cc1. The van der Waals surface area contributed by atoms with Gasteiger partial charge in [-0.2, -0.15) is 5.10 Å². The number of halogens is 1. The third-order valence-electron chi connectivity index (χ3n) is 4.58. The van der Waals surface area contributed by atoms with E-state index in [0.717, 1.165) is 42.9 Å². The van der Waals surface area contributed by atoms with Gasteiger partial charge in [0.05, 0.1) is 17.1 Å². The first-order chi connectivity index (χ1) is 13.0. The maximum Gasteiger partial charge on any atom is 0.240 e. The molecule has 2 N–H and O–H groups in total. The molecule has 1 unspecified atom stereocenters. The Labute approximate surface area is 155 Å². The Morgan fingerprint density at radius 2 is 2.00 bits per heavy atom. The Morgan fingerprint density at radius 1 is 1.22 bits per heavy atom. The van der Waals surface area contributed by atoms with Gasteiger partial charge in [-0.3, -0.25) is 0 Å². The molecule has 0 spiro atoms. The zero-order chi connectivity index (χ0) is 18.9. The molecular weight excluding hydrogens is 371 g/mol. The Kier molecular flexibility index (Phi) is 4.85. The van der Waals surface area contributed by atoms with Gasteiger partial charge >= 0.3 is 0 Å². The Bertz CT molecular complexity index is 1040. The van der Waals surface area contributed by atoms with Gasteiger partial charge < -0.3 is 5.32 Å². The fourth-order valence-electron chi connectivity index (χ4n) is 3.23. The molecule has 142 valence electrons. The second-order valence-electron chi connectivity index (χ2n) is 6.38. The van der Waals surface area contributed by atoms with Crippen LogP contribution in [0, 0.1) is 5.82 Å². The van der Waals surface area contributed by atoms with Gasteiger partial charge in [0.1, 0.15) is 11.3 Å². The van der Waals surface area contributed by atoms with Crippen molar-refractivity contribution < 1.29 is 12.8 Å². The van der Waals surface area contributed by atoms with Crippen LogP contribution in [0.2, 0.25) is 0 Å². The number of sulfonamides is 1. The minimum Gasteiger partial charge on any atom is -0.316 e. The zero-order valence-electron chi connectivity index (χ0n) is 14.5. The van der Waals surface area contributed by atoms with E-state index in [4.69, 9.17) is 0 Å². The normalized spacial score (nSPS) is 17.6. The molecule has 0 bridgehead atoms. The summed E-state index contributed by atoms with van der Waals surface area (Å²) < 4.78 is 41.8. The number of rotatable bonds is 6. The van der Waals surface area contributed by atoms with Crippen molar-refractivity contribution in [3.05, 3.63) is 48.2 Å². The summed E-state index contributed by atoms with van der Waals surface area (Å²) in [4.78, 5) is 8.79. The molecule has 0 aliphatic carbocycles. The molecule has 27 heavy (non-hydrogen) atoms. The van der Waals surface area contributed by atoms with Gasteiger partial charge in [0.25, 0.3) is 0 Å². The van der Waals surface area contributed by atoms with Crippen LogP contribution in [0.3, 0.4) is 0 Å². The molecule has 1 saturated heterocycles. The van der Waals surface area contributed by atoms with E-state index in [-0.39, 0.29) is 17.4 Å². The van der Waals surface area contributed by atoms with E-state index in [1.54, 1.807) is 17.1 Å². The van der Waals surface area contributed by atoms with E-state index in [1.807, 2.05) is 0 Å². The maximum atomic E-state index is 13.0. The third-order valence-corrected chi connectivity index (χ3v) is 6.06. The second-order valence-corrected chi connectivity index (χ2v) is 8.15. The molecule has 1 fully saturated rings. The van der Waals surface area contributed by atoms with Gasteiger partial charge in [-0.1, -0.05) is 0 Å². The number of hydrogen-bond donors (Lipinski definition) is 2. The summed E-state index contributed by atoms with van der Waals surface area (Å²) >= 11 is 0. The summed E-state index contributed by atoms with van der Waals surface area (Å²) in [6.45, 7) is 2.24. The van der Waals surface area contributed by atoms with Crippen LogP contribution in [0.4, 0.5) is 4.39 Å². The van der Waals surface area contributed by atoms with Crippen molar-refractivity contribution >= 4 is 21.2 Å². The minimum atomic E-state index is -3.71. The molecule has 1 aromatic carbocycles. The number of fused-ring (bicyclic) bond motifs is 1. The standard InChI is InChI=1S/C17H19FN6O2S/c18-13-1-3-14(4-2-13)27(25,26)22-9-10-24-17-16(20-7-8-21-17)15(23-24)12-5-6-19-11-12/h1-4,7-8,12,19,22H,5-6,9-11H2. The lowest BCUT2D eigenvalue weighted by Gasteiger charge is -2.07. The Morgan fingerprint density at radius 3 is 2.74 bits per heavy atom. The van der Waals surface area contributed by atoms with Crippen molar-refractivity contribution in [1.29, 1.82) is 0 Å². The van der Waals surface area contributed by atoms with Crippen molar-refractivity contribution in [1.82, 2.24) is 29.8 Å². The summed E-state index contributed by atoms with van der Waals surface area (Å²) in [6, 6.07) is 4.70. The van der Waals surface area contributed by atoms with Crippen LogP contribution in [-0.2, 0) is 16.6 Å². The monoisotopic (exact) mass is 390 g/mol. The smallest absolute Gasteiger partial charge is 0.240 e. The van der Waals surface area contributed by atoms with Gasteiger partial charge in [0, 0.05) is 31.4 Å². The van der Waals surface area contributed by atoms with Crippen molar-refractivity contribution in [3.8, 4) is 0 Å². The van der Waals surface area contributed by atoms with E-state index in [1.165, 1.54) is 12.1 Å². The van der Waals surface area contributed by atoms with Crippen LogP contribution >= 0.6 is 0 Å². The number of nitrogens with one attached hydrogen (secondary N) is 2. The zero-order valence-corrected chi connectivity index (χ0v) is 15.3. The molecule has 0 amide bonds. The average Bonchev–Trinajstić information content (AvgIpc) is 3.30. The van der Waals surface area contributed by atoms with Gasteiger partial charge in [-0.05, 0) is 37.2 Å². The van der Waals surface area contributed by atoms with Crippen LogP contribution in [-0.4, -0.2) is 47.8 Å². The highest BCUT2D eigenvalue weighted by molar-refractivity contribution is 7.89. The summed E-state index contributed by atoms with van der Waals surface area (Å²) in [6.07, 6.45) is 4.22. The molecule has 3 heterocycles. The van der Waals surface area contributed by atoms with Crippen molar-refractivity contribution in [3.63, 3.8) is 0 Å². The second kappa shape index (κ2) is 7.29. The lowest BCUT2D eigenvalue weighted by molar-refractivity contribution is 0.559. The molecule has 2 aromatic heterocycles.